The third-order valence-electron chi connectivity index (χ3n) is 4.07. The third kappa shape index (κ3) is 4.84. The molecular formula is C14H30N2O2. The van der Waals surface area contributed by atoms with Crippen molar-refractivity contribution in [2.45, 2.75) is 51.6 Å². The highest BCUT2D eigenvalue weighted by Gasteiger charge is 2.31. The lowest BCUT2D eigenvalue weighted by Crippen LogP contribution is -2.49. The van der Waals surface area contributed by atoms with Crippen molar-refractivity contribution < 1.29 is 10.2 Å². The van der Waals surface area contributed by atoms with Crippen molar-refractivity contribution in [3.05, 3.63) is 0 Å². The second-order valence-electron chi connectivity index (χ2n) is 5.49. The number of rotatable bonds is 8. The molecule has 3 atom stereocenters. The maximum absolute atomic E-state index is 9.20. The molecule has 108 valence electrons. The predicted octanol–water partition coefficient (Wildman–Crippen LogP) is 0.830. The molecule has 4 heteroatoms. The summed E-state index contributed by atoms with van der Waals surface area (Å²) < 4.78 is 0. The highest BCUT2D eigenvalue weighted by Crippen LogP contribution is 2.28. The van der Waals surface area contributed by atoms with E-state index in [-0.39, 0.29) is 13.2 Å². The van der Waals surface area contributed by atoms with Gasteiger partial charge in [0, 0.05) is 25.2 Å². The van der Waals surface area contributed by atoms with Gasteiger partial charge in [-0.1, -0.05) is 13.8 Å². The van der Waals surface area contributed by atoms with Crippen LogP contribution < -0.4 is 5.32 Å². The number of hydrogen-bond donors (Lipinski definition) is 3. The fourth-order valence-electron chi connectivity index (χ4n) is 3.12. The summed E-state index contributed by atoms with van der Waals surface area (Å²) in [5.41, 5.74) is 0. The largest absolute Gasteiger partial charge is 0.395 e. The highest BCUT2D eigenvalue weighted by atomic mass is 16.3. The topological polar surface area (TPSA) is 55.7 Å². The zero-order chi connectivity index (χ0) is 13.4. The second kappa shape index (κ2) is 8.86. The molecule has 0 aliphatic heterocycles. The maximum atomic E-state index is 9.20. The zero-order valence-electron chi connectivity index (χ0n) is 11.9. The molecular weight excluding hydrogens is 228 g/mol. The minimum absolute atomic E-state index is 0.214. The van der Waals surface area contributed by atoms with Gasteiger partial charge in [0.15, 0.2) is 0 Å². The van der Waals surface area contributed by atoms with Crippen LogP contribution in [0.5, 0.6) is 0 Å². The van der Waals surface area contributed by atoms with E-state index < -0.39 is 0 Å². The summed E-state index contributed by atoms with van der Waals surface area (Å²) in [6.45, 7) is 7.54. The average molecular weight is 258 g/mol. The van der Waals surface area contributed by atoms with E-state index in [4.69, 9.17) is 5.11 Å². The lowest BCUT2D eigenvalue weighted by Gasteiger charge is -2.41. The van der Waals surface area contributed by atoms with Crippen molar-refractivity contribution in [3.63, 3.8) is 0 Å². The molecule has 1 aliphatic rings. The van der Waals surface area contributed by atoms with Gasteiger partial charge in [-0.25, -0.2) is 0 Å². The Morgan fingerprint density at radius 3 is 2.56 bits per heavy atom. The molecule has 1 saturated carbocycles. The SMILES string of the molecule is CCCN(CCO)C1CC(NCCO)CCC1C. The van der Waals surface area contributed by atoms with Gasteiger partial charge in [-0.05, 0) is 38.1 Å². The number of nitrogens with one attached hydrogen (secondary N) is 1. The van der Waals surface area contributed by atoms with Gasteiger partial charge in [0.25, 0.3) is 0 Å². The van der Waals surface area contributed by atoms with Crippen LogP contribution in [0.4, 0.5) is 0 Å². The Morgan fingerprint density at radius 2 is 1.94 bits per heavy atom. The smallest absolute Gasteiger partial charge is 0.0558 e. The van der Waals surface area contributed by atoms with Gasteiger partial charge in [-0.2, -0.15) is 0 Å². The first-order valence-electron chi connectivity index (χ1n) is 7.42. The zero-order valence-corrected chi connectivity index (χ0v) is 11.9. The van der Waals surface area contributed by atoms with Crippen LogP contribution >= 0.6 is 0 Å². The molecule has 0 bridgehead atoms. The molecule has 0 aromatic carbocycles. The van der Waals surface area contributed by atoms with Crippen LogP contribution in [0.3, 0.4) is 0 Å². The number of aliphatic hydroxyl groups is 2. The molecule has 3 unspecified atom stereocenters. The van der Waals surface area contributed by atoms with Gasteiger partial charge < -0.3 is 15.5 Å². The summed E-state index contributed by atoms with van der Waals surface area (Å²) in [6.07, 6.45) is 4.72. The van der Waals surface area contributed by atoms with Crippen molar-refractivity contribution in [2.24, 2.45) is 5.92 Å². The number of hydrogen-bond acceptors (Lipinski definition) is 4. The van der Waals surface area contributed by atoms with Crippen LogP contribution in [0.15, 0.2) is 0 Å². The fraction of sp³-hybridized carbons (Fsp3) is 1.00. The van der Waals surface area contributed by atoms with Gasteiger partial charge >= 0.3 is 0 Å². The van der Waals surface area contributed by atoms with Gasteiger partial charge in [0.2, 0.25) is 0 Å². The Bertz CT molecular complexity index is 206. The van der Waals surface area contributed by atoms with Crippen LogP contribution in [0.2, 0.25) is 0 Å². The van der Waals surface area contributed by atoms with Crippen LogP contribution in [-0.4, -0.2) is 60.0 Å². The minimum atomic E-state index is 0.214. The number of aliphatic hydroxyl groups excluding tert-OH is 2. The van der Waals surface area contributed by atoms with Crippen LogP contribution in [0.1, 0.15) is 39.5 Å². The van der Waals surface area contributed by atoms with E-state index in [0.29, 0.717) is 24.5 Å². The van der Waals surface area contributed by atoms with Crippen LogP contribution in [0.25, 0.3) is 0 Å². The van der Waals surface area contributed by atoms with E-state index >= 15 is 0 Å². The van der Waals surface area contributed by atoms with E-state index in [1.54, 1.807) is 0 Å². The van der Waals surface area contributed by atoms with Gasteiger partial charge in [-0.3, -0.25) is 4.90 Å². The van der Waals surface area contributed by atoms with Crippen LogP contribution in [0, 0.1) is 5.92 Å². The summed E-state index contributed by atoms with van der Waals surface area (Å²) in [5.74, 6) is 0.704. The first kappa shape index (κ1) is 15.9. The van der Waals surface area contributed by atoms with Crippen LogP contribution in [-0.2, 0) is 0 Å². The molecule has 0 radical (unpaired) electrons. The van der Waals surface area contributed by atoms with Crippen molar-refractivity contribution in [1.82, 2.24) is 10.2 Å². The molecule has 0 aromatic heterocycles. The normalized spacial score (nSPS) is 28.8. The molecule has 0 aromatic rings. The van der Waals surface area contributed by atoms with E-state index in [9.17, 15) is 5.11 Å². The van der Waals surface area contributed by atoms with Gasteiger partial charge in [0.05, 0.1) is 13.2 Å². The minimum Gasteiger partial charge on any atom is -0.395 e. The summed E-state index contributed by atoms with van der Waals surface area (Å²) >= 11 is 0. The Balaban J connectivity index is 2.52. The number of nitrogens with zero attached hydrogens (tertiary/aromatic N) is 1. The van der Waals surface area contributed by atoms with E-state index in [0.717, 1.165) is 25.9 Å². The quantitative estimate of drug-likeness (QED) is 0.604. The fourth-order valence-corrected chi connectivity index (χ4v) is 3.12. The first-order valence-corrected chi connectivity index (χ1v) is 7.42. The predicted molar refractivity (Wildman–Crippen MR) is 74.6 cm³/mol. The maximum Gasteiger partial charge on any atom is 0.0558 e. The Morgan fingerprint density at radius 1 is 1.17 bits per heavy atom. The van der Waals surface area contributed by atoms with Gasteiger partial charge in [-0.15, -0.1) is 0 Å². The van der Waals surface area contributed by atoms with E-state index in [2.05, 4.69) is 24.1 Å². The molecule has 18 heavy (non-hydrogen) atoms. The summed E-state index contributed by atoms with van der Waals surface area (Å²) in [5, 5.41) is 21.5. The third-order valence-corrected chi connectivity index (χ3v) is 4.07. The van der Waals surface area contributed by atoms with Crippen molar-refractivity contribution in [2.75, 3.05) is 32.8 Å². The first-order chi connectivity index (χ1) is 8.72. The van der Waals surface area contributed by atoms with Gasteiger partial charge in [0.1, 0.15) is 0 Å². The Kier molecular flexibility index (Phi) is 7.82. The summed E-state index contributed by atoms with van der Waals surface area (Å²) in [6, 6.07) is 1.10. The highest BCUT2D eigenvalue weighted by molar-refractivity contribution is 4.88. The molecule has 1 fully saturated rings. The molecule has 4 nitrogen and oxygen atoms in total. The molecule has 0 amide bonds. The van der Waals surface area contributed by atoms with E-state index in [1.165, 1.54) is 12.8 Å². The molecule has 1 aliphatic carbocycles. The van der Waals surface area contributed by atoms with Crippen molar-refractivity contribution >= 4 is 0 Å². The lowest BCUT2D eigenvalue weighted by atomic mass is 9.81. The molecule has 3 N–H and O–H groups in total. The molecule has 0 saturated heterocycles. The monoisotopic (exact) mass is 258 g/mol. The molecule has 0 heterocycles. The second-order valence-corrected chi connectivity index (χ2v) is 5.49. The van der Waals surface area contributed by atoms with E-state index in [1.807, 2.05) is 0 Å². The summed E-state index contributed by atoms with van der Waals surface area (Å²) in [7, 11) is 0. The Hall–Kier alpha value is -0.160. The Labute approximate surface area is 111 Å². The standard InChI is InChI=1S/C14H30N2O2/c1-3-7-16(8-10-18)14-11-13(15-6-9-17)5-4-12(14)2/h12-15,17-18H,3-11H2,1-2H3. The molecule has 0 spiro atoms. The van der Waals surface area contributed by atoms with Crippen molar-refractivity contribution in [3.8, 4) is 0 Å². The lowest BCUT2D eigenvalue weighted by molar-refractivity contribution is 0.0771. The summed E-state index contributed by atoms with van der Waals surface area (Å²) in [4.78, 5) is 2.44. The van der Waals surface area contributed by atoms with Crippen molar-refractivity contribution in [1.29, 1.82) is 0 Å². The molecule has 1 rings (SSSR count). The average Bonchev–Trinajstić information content (AvgIpc) is 2.37.